The predicted octanol–water partition coefficient (Wildman–Crippen LogP) is 3.62. The predicted molar refractivity (Wildman–Crippen MR) is 94.8 cm³/mol. The lowest BCUT2D eigenvalue weighted by molar-refractivity contribution is 0.103. The van der Waals surface area contributed by atoms with Crippen LogP contribution in [0.1, 0.15) is 27.0 Å². The molecule has 0 aliphatic heterocycles. The Morgan fingerprint density at radius 2 is 1.52 bits per heavy atom. The third kappa shape index (κ3) is 3.22. The van der Waals surface area contributed by atoms with Crippen molar-refractivity contribution in [3.8, 4) is 23.0 Å². The quantitative estimate of drug-likeness (QED) is 0.575. The molecule has 7 heteroatoms. The summed E-state index contributed by atoms with van der Waals surface area (Å²) in [7, 11) is 5.95. The third-order valence-corrected chi connectivity index (χ3v) is 4.31. The fraction of sp³-hybridized carbons (Fsp3) is 0.333. The Labute approximate surface area is 151 Å². The summed E-state index contributed by atoms with van der Waals surface area (Å²) in [5.74, 6) is 1.15. The van der Waals surface area contributed by atoms with Crippen LogP contribution in [-0.2, 0) is 0 Å². The number of carbonyl (C=O) groups is 1. The van der Waals surface area contributed by atoms with Crippen LogP contribution in [-0.4, -0.2) is 39.2 Å². The van der Waals surface area contributed by atoms with E-state index in [1.54, 1.807) is 19.9 Å². The fourth-order valence-electron chi connectivity index (χ4n) is 2.69. The van der Waals surface area contributed by atoms with Gasteiger partial charge in [-0.05, 0) is 25.5 Å². The summed E-state index contributed by atoms with van der Waals surface area (Å²) in [6.07, 6.45) is 1.42. The summed E-state index contributed by atoms with van der Waals surface area (Å²) in [6, 6.07) is 1.72. The second-order valence-corrected chi connectivity index (χ2v) is 5.64. The summed E-state index contributed by atoms with van der Waals surface area (Å²) in [4.78, 5) is 17.3. The molecule has 1 aromatic heterocycles. The van der Waals surface area contributed by atoms with E-state index in [-0.39, 0.29) is 10.9 Å². The molecule has 0 saturated carbocycles. The minimum absolute atomic E-state index is 0.237. The number of rotatable bonds is 6. The number of benzene rings is 1. The first-order chi connectivity index (χ1) is 11.9. The van der Waals surface area contributed by atoms with E-state index < -0.39 is 0 Å². The number of aryl methyl sites for hydroxylation is 1. The first-order valence-electron chi connectivity index (χ1n) is 7.44. The van der Waals surface area contributed by atoms with Crippen LogP contribution in [0.2, 0.25) is 5.15 Å². The van der Waals surface area contributed by atoms with Gasteiger partial charge in [0.1, 0.15) is 10.9 Å². The highest BCUT2D eigenvalue weighted by Gasteiger charge is 2.28. The van der Waals surface area contributed by atoms with Crippen LogP contribution < -0.4 is 18.9 Å². The Bertz CT molecular complexity index is 820. The van der Waals surface area contributed by atoms with Gasteiger partial charge >= 0.3 is 0 Å². The number of halogens is 1. The second kappa shape index (κ2) is 7.61. The molecule has 0 aliphatic carbocycles. The molecular weight excluding hydrogens is 346 g/mol. The van der Waals surface area contributed by atoms with Crippen LogP contribution in [0.5, 0.6) is 23.0 Å². The smallest absolute Gasteiger partial charge is 0.204 e. The van der Waals surface area contributed by atoms with Crippen LogP contribution in [0, 0.1) is 13.8 Å². The topological polar surface area (TPSA) is 66.9 Å². The zero-order valence-corrected chi connectivity index (χ0v) is 15.8. The van der Waals surface area contributed by atoms with Crippen molar-refractivity contribution in [2.75, 3.05) is 28.4 Å². The second-order valence-electron chi connectivity index (χ2n) is 5.28. The number of aromatic nitrogens is 1. The number of hydrogen-bond acceptors (Lipinski definition) is 6. The maximum Gasteiger partial charge on any atom is 0.204 e. The molecule has 0 spiro atoms. The van der Waals surface area contributed by atoms with E-state index >= 15 is 0 Å². The molecular formula is C18H20ClNO5. The minimum atomic E-state index is -0.297. The first kappa shape index (κ1) is 18.9. The number of pyridine rings is 1. The Morgan fingerprint density at radius 1 is 0.920 bits per heavy atom. The van der Waals surface area contributed by atoms with E-state index in [1.165, 1.54) is 34.6 Å². The van der Waals surface area contributed by atoms with Gasteiger partial charge in [0.25, 0.3) is 0 Å². The molecule has 0 N–H and O–H groups in total. The van der Waals surface area contributed by atoms with Crippen molar-refractivity contribution in [2.45, 2.75) is 13.8 Å². The monoisotopic (exact) mass is 365 g/mol. The first-order valence-corrected chi connectivity index (χ1v) is 7.82. The molecule has 0 saturated heterocycles. The van der Waals surface area contributed by atoms with Crippen LogP contribution in [0.3, 0.4) is 0 Å². The Balaban J connectivity index is 2.79. The van der Waals surface area contributed by atoms with Gasteiger partial charge in [0.2, 0.25) is 11.5 Å². The lowest BCUT2D eigenvalue weighted by atomic mass is 9.94. The minimum Gasteiger partial charge on any atom is -0.494 e. The molecule has 0 radical (unpaired) electrons. The molecule has 0 bridgehead atoms. The van der Waals surface area contributed by atoms with Crippen LogP contribution in [0.25, 0.3) is 0 Å². The van der Waals surface area contributed by atoms with E-state index in [0.29, 0.717) is 45.3 Å². The van der Waals surface area contributed by atoms with Crippen molar-refractivity contribution >= 4 is 17.4 Å². The summed E-state index contributed by atoms with van der Waals surface area (Å²) in [6.45, 7) is 3.51. The van der Waals surface area contributed by atoms with E-state index in [4.69, 9.17) is 30.5 Å². The number of nitrogens with zero attached hydrogens (tertiary/aromatic N) is 1. The third-order valence-electron chi connectivity index (χ3n) is 3.93. The number of ketones is 1. The lowest BCUT2D eigenvalue weighted by Crippen LogP contribution is -2.12. The van der Waals surface area contributed by atoms with E-state index in [9.17, 15) is 4.79 Å². The van der Waals surface area contributed by atoms with Gasteiger partial charge in [-0.15, -0.1) is 0 Å². The normalized spacial score (nSPS) is 10.4. The van der Waals surface area contributed by atoms with Gasteiger partial charge in [0.05, 0.1) is 45.8 Å². The molecule has 0 atom stereocenters. The molecule has 2 rings (SSSR count). The highest BCUT2D eigenvalue weighted by atomic mass is 35.5. The standard InChI is InChI=1S/C18H20ClNO5/c1-9-7-11(22-3)16(24-5)17(25-6)13(9)15(21)14-10(2)18(19)20-8-12(14)23-4/h7-8H,1-6H3. The molecule has 0 fully saturated rings. The van der Waals surface area contributed by atoms with Gasteiger partial charge in [0.15, 0.2) is 11.5 Å². The van der Waals surface area contributed by atoms with Crippen LogP contribution in [0.15, 0.2) is 12.3 Å². The SMILES string of the molecule is COc1cc(C)c(C(=O)c2c(OC)cnc(Cl)c2C)c(OC)c1OC. The van der Waals surface area contributed by atoms with E-state index in [0.717, 1.165) is 0 Å². The van der Waals surface area contributed by atoms with Gasteiger partial charge in [-0.2, -0.15) is 0 Å². The highest BCUT2D eigenvalue weighted by Crippen LogP contribution is 2.43. The summed E-state index contributed by atoms with van der Waals surface area (Å²) in [5, 5.41) is 0.237. The maximum atomic E-state index is 13.3. The number of methoxy groups -OCH3 is 4. The van der Waals surface area contributed by atoms with Crippen molar-refractivity contribution in [1.29, 1.82) is 0 Å². The number of hydrogen-bond donors (Lipinski definition) is 0. The van der Waals surface area contributed by atoms with Crippen LogP contribution >= 0.6 is 11.6 Å². The summed E-state index contributed by atoms with van der Waals surface area (Å²) >= 11 is 6.10. The van der Waals surface area contributed by atoms with Crippen LogP contribution in [0.4, 0.5) is 0 Å². The van der Waals surface area contributed by atoms with Gasteiger partial charge in [-0.1, -0.05) is 11.6 Å². The van der Waals surface area contributed by atoms with Crippen molar-refractivity contribution < 1.29 is 23.7 Å². The lowest BCUT2D eigenvalue weighted by Gasteiger charge is -2.19. The Morgan fingerprint density at radius 3 is 2.04 bits per heavy atom. The summed E-state index contributed by atoms with van der Waals surface area (Å²) in [5.41, 5.74) is 1.89. The molecule has 0 unspecified atom stereocenters. The fourth-order valence-corrected chi connectivity index (χ4v) is 2.83. The summed E-state index contributed by atoms with van der Waals surface area (Å²) < 4.78 is 21.5. The van der Waals surface area contributed by atoms with E-state index in [1.807, 2.05) is 0 Å². The van der Waals surface area contributed by atoms with Crippen molar-refractivity contribution in [3.63, 3.8) is 0 Å². The van der Waals surface area contributed by atoms with Gasteiger partial charge in [-0.3, -0.25) is 4.79 Å². The highest BCUT2D eigenvalue weighted by molar-refractivity contribution is 6.31. The maximum absolute atomic E-state index is 13.3. The van der Waals surface area contributed by atoms with Gasteiger partial charge < -0.3 is 18.9 Å². The average Bonchev–Trinajstić information content (AvgIpc) is 2.61. The van der Waals surface area contributed by atoms with Gasteiger partial charge in [0, 0.05) is 5.56 Å². The molecule has 1 heterocycles. The molecule has 1 aromatic carbocycles. The van der Waals surface area contributed by atoms with Crippen molar-refractivity contribution in [1.82, 2.24) is 4.98 Å². The largest absolute Gasteiger partial charge is 0.494 e. The molecule has 0 aliphatic rings. The van der Waals surface area contributed by atoms with E-state index in [2.05, 4.69) is 4.98 Å². The molecule has 0 amide bonds. The Kier molecular flexibility index (Phi) is 5.74. The van der Waals surface area contributed by atoms with Crippen molar-refractivity contribution in [3.05, 3.63) is 39.7 Å². The molecule has 25 heavy (non-hydrogen) atoms. The average molecular weight is 366 g/mol. The zero-order valence-electron chi connectivity index (χ0n) is 15.0. The van der Waals surface area contributed by atoms with Crippen molar-refractivity contribution in [2.24, 2.45) is 0 Å². The molecule has 134 valence electrons. The zero-order chi connectivity index (χ0) is 18.7. The Hall–Kier alpha value is -2.47. The molecule has 2 aromatic rings. The molecule has 6 nitrogen and oxygen atoms in total. The number of ether oxygens (including phenoxy) is 4. The van der Waals surface area contributed by atoms with Gasteiger partial charge in [-0.25, -0.2) is 4.98 Å². The number of carbonyl (C=O) groups excluding carboxylic acids is 1.